The van der Waals surface area contributed by atoms with Crippen LogP contribution in [0.4, 0.5) is 0 Å². The van der Waals surface area contributed by atoms with Crippen LogP contribution in [0.3, 0.4) is 0 Å². The predicted molar refractivity (Wildman–Crippen MR) is 48.5 cm³/mol. The molecule has 0 aliphatic carbocycles. The van der Waals surface area contributed by atoms with Crippen molar-refractivity contribution < 1.29 is 0 Å². The van der Waals surface area contributed by atoms with E-state index < -0.39 is 0 Å². The third-order valence-corrected chi connectivity index (χ3v) is 1.72. The fourth-order valence-electron chi connectivity index (χ4n) is 1.12. The molecule has 0 bridgehead atoms. The Kier molecular flexibility index (Phi) is 1.87. The minimum absolute atomic E-state index is 1.18. The number of rotatable bonds is 1. The van der Waals surface area contributed by atoms with Crippen molar-refractivity contribution in [3.05, 3.63) is 54.9 Å². The summed E-state index contributed by atoms with van der Waals surface area (Å²) in [6, 6.07) is 14.9. The van der Waals surface area contributed by atoms with E-state index in [-0.39, 0.29) is 0 Å². The van der Waals surface area contributed by atoms with E-state index in [1.807, 2.05) is 30.3 Å². The Balaban J connectivity index is 2.46. The molecule has 1 aromatic carbocycles. The van der Waals surface area contributed by atoms with E-state index in [9.17, 15) is 0 Å². The summed E-state index contributed by atoms with van der Waals surface area (Å²) in [7, 11) is 0. The van der Waals surface area contributed by atoms with Crippen LogP contribution < -0.4 is 0 Å². The minimum Gasteiger partial charge on any atom is -0.265 e. The van der Waals surface area contributed by atoms with Crippen molar-refractivity contribution in [2.75, 3.05) is 0 Å². The second-order valence-electron chi connectivity index (χ2n) is 2.53. The Morgan fingerprint density at radius 1 is 1.00 bits per heavy atom. The predicted octanol–water partition coefficient (Wildman–Crippen LogP) is 2.55. The molecule has 0 saturated carbocycles. The number of benzene rings is 1. The van der Waals surface area contributed by atoms with Crippen LogP contribution in [0.15, 0.2) is 48.8 Å². The van der Waals surface area contributed by atoms with Gasteiger partial charge in [0, 0.05) is 12.4 Å². The SMILES string of the molecule is [c]1cccc(-c2ccncc2)c1. The highest BCUT2D eigenvalue weighted by molar-refractivity contribution is 5.61. The third kappa shape index (κ3) is 1.35. The van der Waals surface area contributed by atoms with Crippen molar-refractivity contribution in [1.29, 1.82) is 0 Å². The van der Waals surface area contributed by atoms with Crippen LogP contribution in [0.2, 0.25) is 0 Å². The van der Waals surface area contributed by atoms with E-state index >= 15 is 0 Å². The second kappa shape index (κ2) is 3.18. The van der Waals surface area contributed by atoms with Crippen LogP contribution in [0.1, 0.15) is 0 Å². The molecule has 1 heterocycles. The summed E-state index contributed by atoms with van der Waals surface area (Å²) in [4.78, 5) is 3.96. The van der Waals surface area contributed by atoms with Crippen molar-refractivity contribution in [2.24, 2.45) is 0 Å². The van der Waals surface area contributed by atoms with E-state index in [1.165, 1.54) is 11.1 Å². The van der Waals surface area contributed by atoms with E-state index in [1.54, 1.807) is 12.4 Å². The average molecular weight is 154 g/mol. The number of aromatic nitrogens is 1. The molecule has 57 valence electrons. The molecule has 1 heteroatoms. The highest BCUT2D eigenvalue weighted by Crippen LogP contribution is 2.16. The van der Waals surface area contributed by atoms with Gasteiger partial charge in [0.25, 0.3) is 0 Å². The molecule has 1 radical (unpaired) electrons. The van der Waals surface area contributed by atoms with Gasteiger partial charge < -0.3 is 0 Å². The molecule has 2 rings (SSSR count). The first-order valence-electron chi connectivity index (χ1n) is 3.83. The normalized spacial score (nSPS) is 9.67. The Bertz CT molecular complexity index is 302. The van der Waals surface area contributed by atoms with Crippen LogP contribution >= 0.6 is 0 Å². The summed E-state index contributed by atoms with van der Waals surface area (Å²) in [5.74, 6) is 0. The van der Waals surface area contributed by atoms with Gasteiger partial charge in [-0.3, -0.25) is 4.98 Å². The van der Waals surface area contributed by atoms with E-state index in [4.69, 9.17) is 0 Å². The van der Waals surface area contributed by atoms with Gasteiger partial charge in [0.05, 0.1) is 0 Å². The lowest BCUT2D eigenvalue weighted by Gasteiger charge is -1.97. The van der Waals surface area contributed by atoms with Crippen LogP contribution in [-0.4, -0.2) is 4.98 Å². The zero-order chi connectivity index (χ0) is 8.23. The fourth-order valence-corrected chi connectivity index (χ4v) is 1.12. The molecule has 0 fully saturated rings. The van der Waals surface area contributed by atoms with Crippen molar-refractivity contribution >= 4 is 0 Å². The van der Waals surface area contributed by atoms with Crippen molar-refractivity contribution in [3.63, 3.8) is 0 Å². The summed E-state index contributed by atoms with van der Waals surface area (Å²) in [5, 5.41) is 0. The van der Waals surface area contributed by atoms with Gasteiger partial charge in [-0.05, 0) is 35.4 Å². The summed E-state index contributed by atoms with van der Waals surface area (Å²) in [6.07, 6.45) is 3.59. The number of hydrogen-bond donors (Lipinski definition) is 0. The molecule has 2 aromatic rings. The molecule has 1 nitrogen and oxygen atoms in total. The first-order valence-corrected chi connectivity index (χ1v) is 3.83. The van der Waals surface area contributed by atoms with Crippen LogP contribution in [0.25, 0.3) is 11.1 Å². The summed E-state index contributed by atoms with van der Waals surface area (Å²) in [5.41, 5.74) is 2.36. The van der Waals surface area contributed by atoms with E-state index in [2.05, 4.69) is 17.1 Å². The van der Waals surface area contributed by atoms with Gasteiger partial charge in [-0.25, -0.2) is 0 Å². The first-order chi connectivity index (χ1) is 5.97. The lowest BCUT2D eigenvalue weighted by atomic mass is 10.1. The van der Waals surface area contributed by atoms with Crippen LogP contribution in [0.5, 0.6) is 0 Å². The molecule has 0 spiro atoms. The van der Waals surface area contributed by atoms with Gasteiger partial charge in [0.1, 0.15) is 0 Å². The molecule has 12 heavy (non-hydrogen) atoms. The summed E-state index contributed by atoms with van der Waals surface area (Å²) < 4.78 is 0. The minimum atomic E-state index is 1.18. The highest BCUT2D eigenvalue weighted by Gasteiger charge is 1.92. The lowest BCUT2D eigenvalue weighted by Crippen LogP contribution is -1.76. The molecule has 0 amide bonds. The Morgan fingerprint density at radius 3 is 2.50 bits per heavy atom. The number of nitrogens with zero attached hydrogens (tertiary/aromatic N) is 1. The molecule has 1 aromatic heterocycles. The molecule has 0 aliphatic heterocycles. The zero-order valence-corrected chi connectivity index (χ0v) is 6.57. The van der Waals surface area contributed by atoms with Crippen molar-refractivity contribution in [1.82, 2.24) is 4.98 Å². The van der Waals surface area contributed by atoms with Crippen molar-refractivity contribution in [3.8, 4) is 11.1 Å². The maximum atomic E-state index is 3.96. The maximum absolute atomic E-state index is 3.96. The van der Waals surface area contributed by atoms with Gasteiger partial charge in [-0.1, -0.05) is 18.2 Å². The topological polar surface area (TPSA) is 12.9 Å². The Morgan fingerprint density at radius 2 is 1.83 bits per heavy atom. The van der Waals surface area contributed by atoms with Crippen LogP contribution in [-0.2, 0) is 0 Å². The standard InChI is InChI=1S/C11H8N/c1-2-4-10(5-3-1)11-6-8-12-9-7-11/h1-2,4-9H. The van der Waals surface area contributed by atoms with Gasteiger partial charge in [-0.15, -0.1) is 0 Å². The highest BCUT2D eigenvalue weighted by atomic mass is 14.6. The second-order valence-corrected chi connectivity index (χ2v) is 2.53. The quantitative estimate of drug-likeness (QED) is 0.615. The third-order valence-electron chi connectivity index (χ3n) is 1.72. The number of pyridine rings is 1. The van der Waals surface area contributed by atoms with Crippen LogP contribution in [0, 0.1) is 6.07 Å². The molecule has 0 unspecified atom stereocenters. The van der Waals surface area contributed by atoms with Gasteiger partial charge in [0.2, 0.25) is 0 Å². The monoisotopic (exact) mass is 154 g/mol. The van der Waals surface area contributed by atoms with E-state index in [0.29, 0.717) is 0 Å². The smallest absolute Gasteiger partial charge is 0.0273 e. The summed E-state index contributed by atoms with van der Waals surface area (Å²) in [6.45, 7) is 0. The summed E-state index contributed by atoms with van der Waals surface area (Å²) >= 11 is 0. The van der Waals surface area contributed by atoms with Gasteiger partial charge >= 0.3 is 0 Å². The maximum Gasteiger partial charge on any atom is 0.0273 e. The number of hydrogen-bond acceptors (Lipinski definition) is 1. The largest absolute Gasteiger partial charge is 0.265 e. The fraction of sp³-hybridized carbons (Fsp3) is 0. The first kappa shape index (κ1) is 7.04. The van der Waals surface area contributed by atoms with E-state index in [0.717, 1.165) is 0 Å². The van der Waals surface area contributed by atoms with Gasteiger partial charge in [-0.2, -0.15) is 0 Å². The van der Waals surface area contributed by atoms with Gasteiger partial charge in [0.15, 0.2) is 0 Å². The Hall–Kier alpha value is -1.63. The zero-order valence-electron chi connectivity index (χ0n) is 6.57. The molecule has 0 atom stereocenters. The molecular formula is C11H8N. The molecular weight excluding hydrogens is 146 g/mol. The lowest BCUT2D eigenvalue weighted by molar-refractivity contribution is 1.33. The molecule has 0 saturated heterocycles. The molecule has 0 N–H and O–H groups in total. The molecule has 0 aliphatic rings. The Labute approximate surface area is 71.7 Å². The van der Waals surface area contributed by atoms with Crippen molar-refractivity contribution in [2.45, 2.75) is 0 Å². The average Bonchev–Trinajstić information content (AvgIpc) is 2.21.